The maximum Gasteiger partial charge on any atom is 0.0745 e. The highest BCUT2D eigenvalue weighted by atomic mass is 14.7. The largest absolute Gasteiger partial charge is 0.247 e. The number of nitrogens with zero attached hydrogens (tertiary/aromatic N) is 1. The second-order valence-corrected chi connectivity index (χ2v) is 6.21. The van der Waals surface area contributed by atoms with Crippen LogP contribution in [0, 0.1) is 13.8 Å². The van der Waals surface area contributed by atoms with Crippen molar-refractivity contribution in [1.82, 2.24) is 4.98 Å². The molecule has 0 aliphatic rings. The monoisotopic (exact) mass is 309 g/mol. The lowest BCUT2D eigenvalue weighted by atomic mass is 9.93. The molecule has 4 rings (SSSR count). The first-order chi connectivity index (χ1) is 11.7. The van der Waals surface area contributed by atoms with Gasteiger partial charge < -0.3 is 0 Å². The van der Waals surface area contributed by atoms with Gasteiger partial charge in [0.15, 0.2) is 0 Å². The molecule has 24 heavy (non-hydrogen) atoms. The molecule has 4 aromatic rings. The van der Waals surface area contributed by atoms with E-state index in [0.717, 1.165) is 11.2 Å². The maximum absolute atomic E-state index is 4.96. The van der Waals surface area contributed by atoms with Gasteiger partial charge in [0.05, 0.1) is 11.2 Å². The van der Waals surface area contributed by atoms with Crippen molar-refractivity contribution < 1.29 is 0 Å². The van der Waals surface area contributed by atoms with E-state index in [9.17, 15) is 0 Å². The number of fused-ring (bicyclic) bond motifs is 1. The number of hydrogen-bond donors (Lipinski definition) is 0. The summed E-state index contributed by atoms with van der Waals surface area (Å²) in [5, 5.41) is 1.21. The summed E-state index contributed by atoms with van der Waals surface area (Å²) in [4.78, 5) is 4.96. The van der Waals surface area contributed by atoms with Crippen LogP contribution in [0.1, 0.15) is 11.1 Å². The zero-order valence-electron chi connectivity index (χ0n) is 14.0. The minimum Gasteiger partial charge on any atom is -0.247 e. The summed E-state index contributed by atoms with van der Waals surface area (Å²) in [6.45, 7) is 4.29. The Morgan fingerprint density at radius 3 is 2.04 bits per heavy atom. The molecule has 0 saturated carbocycles. The third-order valence-corrected chi connectivity index (χ3v) is 4.52. The number of aryl methyl sites for hydroxylation is 1. The van der Waals surface area contributed by atoms with E-state index in [2.05, 4.69) is 92.7 Å². The van der Waals surface area contributed by atoms with Gasteiger partial charge in [-0.15, -0.1) is 0 Å². The van der Waals surface area contributed by atoms with Gasteiger partial charge in [0.25, 0.3) is 0 Å². The first kappa shape index (κ1) is 14.6. The standard InChI is InChI=1S/C23H19N/c1-16-12-14-19(15-13-16)23-17(2)22(18-8-4-3-5-9-18)20-10-6-7-11-21(20)24-23/h3-15H,1-2H3. The SMILES string of the molecule is Cc1ccc(-c2nc3ccccc3c(-c3ccccc3)c2C)cc1. The second-order valence-electron chi connectivity index (χ2n) is 6.21. The molecule has 0 fully saturated rings. The van der Waals surface area contributed by atoms with E-state index in [1.165, 1.54) is 33.2 Å². The summed E-state index contributed by atoms with van der Waals surface area (Å²) in [5.41, 5.74) is 8.27. The van der Waals surface area contributed by atoms with Crippen molar-refractivity contribution in [1.29, 1.82) is 0 Å². The number of aromatic nitrogens is 1. The molecule has 0 aliphatic heterocycles. The number of benzene rings is 3. The topological polar surface area (TPSA) is 12.9 Å². The van der Waals surface area contributed by atoms with Crippen molar-refractivity contribution in [2.45, 2.75) is 13.8 Å². The Kier molecular flexibility index (Phi) is 3.62. The van der Waals surface area contributed by atoms with Gasteiger partial charge in [0.1, 0.15) is 0 Å². The molecule has 1 heteroatoms. The molecule has 0 amide bonds. The molecule has 0 N–H and O–H groups in total. The van der Waals surface area contributed by atoms with Crippen LogP contribution in [0.2, 0.25) is 0 Å². The highest BCUT2D eigenvalue weighted by Crippen LogP contribution is 2.36. The van der Waals surface area contributed by atoms with Crippen LogP contribution in [-0.4, -0.2) is 4.98 Å². The van der Waals surface area contributed by atoms with Gasteiger partial charge in [-0.25, -0.2) is 4.98 Å². The highest BCUT2D eigenvalue weighted by Gasteiger charge is 2.14. The minimum absolute atomic E-state index is 1.04. The van der Waals surface area contributed by atoms with Gasteiger partial charge in [0, 0.05) is 10.9 Å². The molecular weight excluding hydrogens is 290 g/mol. The Balaban J connectivity index is 2.06. The van der Waals surface area contributed by atoms with Crippen LogP contribution in [0.5, 0.6) is 0 Å². The van der Waals surface area contributed by atoms with E-state index in [-0.39, 0.29) is 0 Å². The quantitative estimate of drug-likeness (QED) is 0.430. The van der Waals surface area contributed by atoms with Crippen molar-refractivity contribution in [3.05, 3.63) is 90.0 Å². The molecule has 3 aromatic carbocycles. The van der Waals surface area contributed by atoms with Gasteiger partial charge in [0.2, 0.25) is 0 Å². The average molecular weight is 309 g/mol. The zero-order chi connectivity index (χ0) is 16.5. The Bertz CT molecular complexity index is 999. The Morgan fingerprint density at radius 1 is 0.625 bits per heavy atom. The van der Waals surface area contributed by atoms with Crippen molar-refractivity contribution in [3.63, 3.8) is 0 Å². The van der Waals surface area contributed by atoms with Crippen LogP contribution in [0.3, 0.4) is 0 Å². The van der Waals surface area contributed by atoms with Crippen molar-refractivity contribution in [3.8, 4) is 22.4 Å². The van der Waals surface area contributed by atoms with E-state index in [4.69, 9.17) is 4.98 Å². The van der Waals surface area contributed by atoms with Crippen LogP contribution < -0.4 is 0 Å². The van der Waals surface area contributed by atoms with Crippen LogP contribution in [0.4, 0.5) is 0 Å². The van der Waals surface area contributed by atoms with Crippen LogP contribution in [0.15, 0.2) is 78.9 Å². The lowest BCUT2D eigenvalue weighted by molar-refractivity contribution is 1.32. The van der Waals surface area contributed by atoms with Crippen molar-refractivity contribution >= 4 is 10.9 Å². The normalized spacial score (nSPS) is 10.9. The highest BCUT2D eigenvalue weighted by molar-refractivity contribution is 5.99. The van der Waals surface area contributed by atoms with Gasteiger partial charge in [-0.1, -0.05) is 78.4 Å². The molecule has 1 nitrogen and oxygen atoms in total. The van der Waals surface area contributed by atoms with Crippen LogP contribution in [0.25, 0.3) is 33.3 Å². The zero-order valence-corrected chi connectivity index (χ0v) is 14.0. The third kappa shape index (κ3) is 2.48. The molecule has 0 atom stereocenters. The maximum atomic E-state index is 4.96. The lowest BCUT2D eigenvalue weighted by Gasteiger charge is -2.15. The summed E-state index contributed by atoms with van der Waals surface area (Å²) in [5.74, 6) is 0. The third-order valence-electron chi connectivity index (χ3n) is 4.52. The fraction of sp³-hybridized carbons (Fsp3) is 0.0870. The Labute approximate surface area is 142 Å². The summed E-state index contributed by atoms with van der Waals surface area (Å²) in [7, 11) is 0. The molecule has 0 radical (unpaired) electrons. The predicted molar refractivity (Wildman–Crippen MR) is 102 cm³/mol. The lowest BCUT2D eigenvalue weighted by Crippen LogP contribution is -1.95. The summed E-state index contributed by atoms with van der Waals surface area (Å²) in [6, 6.07) is 27.6. The van der Waals surface area contributed by atoms with Gasteiger partial charge in [-0.3, -0.25) is 0 Å². The van der Waals surface area contributed by atoms with Crippen LogP contribution >= 0.6 is 0 Å². The molecule has 0 aliphatic carbocycles. The predicted octanol–water partition coefficient (Wildman–Crippen LogP) is 6.19. The van der Waals surface area contributed by atoms with Crippen molar-refractivity contribution in [2.75, 3.05) is 0 Å². The number of hydrogen-bond acceptors (Lipinski definition) is 1. The Morgan fingerprint density at radius 2 is 1.29 bits per heavy atom. The molecule has 0 unspecified atom stereocenters. The molecular formula is C23H19N. The first-order valence-corrected chi connectivity index (χ1v) is 8.26. The second kappa shape index (κ2) is 5.93. The van der Waals surface area contributed by atoms with E-state index < -0.39 is 0 Å². The molecule has 0 bridgehead atoms. The van der Waals surface area contributed by atoms with E-state index >= 15 is 0 Å². The molecule has 1 aromatic heterocycles. The van der Waals surface area contributed by atoms with E-state index in [0.29, 0.717) is 0 Å². The number of pyridine rings is 1. The van der Waals surface area contributed by atoms with Gasteiger partial charge >= 0.3 is 0 Å². The molecule has 0 saturated heterocycles. The summed E-state index contributed by atoms with van der Waals surface area (Å²) >= 11 is 0. The molecule has 0 spiro atoms. The smallest absolute Gasteiger partial charge is 0.0745 e. The number of para-hydroxylation sites is 1. The van der Waals surface area contributed by atoms with E-state index in [1.54, 1.807) is 0 Å². The number of rotatable bonds is 2. The van der Waals surface area contributed by atoms with E-state index in [1.807, 2.05) is 0 Å². The average Bonchev–Trinajstić information content (AvgIpc) is 2.63. The van der Waals surface area contributed by atoms with Gasteiger partial charge in [-0.2, -0.15) is 0 Å². The van der Waals surface area contributed by atoms with Crippen molar-refractivity contribution in [2.24, 2.45) is 0 Å². The minimum atomic E-state index is 1.04. The fourth-order valence-corrected chi connectivity index (χ4v) is 3.28. The van der Waals surface area contributed by atoms with Crippen LogP contribution in [-0.2, 0) is 0 Å². The summed E-state index contributed by atoms with van der Waals surface area (Å²) < 4.78 is 0. The summed E-state index contributed by atoms with van der Waals surface area (Å²) in [6.07, 6.45) is 0. The Hall–Kier alpha value is -2.93. The molecule has 1 heterocycles. The fourth-order valence-electron chi connectivity index (χ4n) is 3.28. The molecule has 116 valence electrons. The van der Waals surface area contributed by atoms with Gasteiger partial charge in [-0.05, 0) is 36.6 Å². The first-order valence-electron chi connectivity index (χ1n) is 8.26.